The molecule has 41 heavy (non-hydrogen) atoms. The number of hydrogen-bond donors (Lipinski definition) is 3. The molecule has 13 heteroatoms. The lowest BCUT2D eigenvalue weighted by atomic mass is 10.0. The van der Waals surface area contributed by atoms with Crippen molar-refractivity contribution in [3.05, 3.63) is 60.0 Å². The van der Waals surface area contributed by atoms with E-state index in [9.17, 15) is 28.7 Å². The molecule has 2 amide bonds. The SMILES string of the molecule is Cn1cc([C@@H]2C[C@H]2C(=O)Nc2ccnc(-c3ccc(O[C@H]4CCN(C(=O)[C@@H](O)CO)CC4(F)F)c(C#N)c3)c2)cn1. The van der Waals surface area contributed by atoms with Crippen LogP contribution in [0.5, 0.6) is 5.75 Å². The number of carbonyl (C=O) groups is 2. The predicted molar refractivity (Wildman–Crippen MR) is 141 cm³/mol. The topological polar surface area (TPSA) is 154 Å². The number of rotatable bonds is 8. The van der Waals surface area contributed by atoms with E-state index in [2.05, 4.69) is 15.4 Å². The molecule has 0 unspecified atom stereocenters. The zero-order chi connectivity index (χ0) is 29.3. The number of aliphatic hydroxyl groups excluding tert-OH is 2. The maximum atomic E-state index is 14.8. The maximum Gasteiger partial charge on any atom is 0.301 e. The molecule has 11 nitrogen and oxygen atoms in total. The van der Waals surface area contributed by atoms with Gasteiger partial charge in [0.1, 0.15) is 11.8 Å². The smallest absolute Gasteiger partial charge is 0.301 e. The van der Waals surface area contributed by atoms with Gasteiger partial charge in [0.2, 0.25) is 5.91 Å². The van der Waals surface area contributed by atoms with Gasteiger partial charge < -0.3 is 25.2 Å². The van der Waals surface area contributed by atoms with Gasteiger partial charge >= 0.3 is 5.92 Å². The third kappa shape index (κ3) is 6.03. The fourth-order valence-electron chi connectivity index (χ4n) is 4.96. The van der Waals surface area contributed by atoms with Crippen molar-refractivity contribution in [2.45, 2.75) is 36.9 Å². The molecule has 2 aliphatic rings. The minimum Gasteiger partial charge on any atom is -0.483 e. The molecule has 1 aliphatic carbocycles. The standard InChI is InChI=1S/C28H28F2N6O5/c1-35-13-18(12-33-35)20-10-21(20)26(39)34-19-4-6-32-22(9-19)16-2-3-24(17(8-16)11-31)41-25-5-7-36(15-28(25,29)30)27(40)23(38)14-37/h2-4,6,8-9,12-13,20-21,23,25,37-38H,5,7,10,14-15H2,1H3,(H,32,34,39)/t20-,21+,23-,25-/m0/s1. The molecule has 0 bridgehead atoms. The summed E-state index contributed by atoms with van der Waals surface area (Å²) < 4.78 is 36.9. The Balaban J connectivity index is 1.25. The van der Waals surface area contributed by atoms with Gasteiger partial charge in [-0.2, -0.15) is 10.4 Å². The van der Waals surface area contributed by atoms with E-state index in [4.69, 9.17) is 9.84 Å². The van der Waals surface area contributed by atoms with Crippen LogP contribution in [0.4, 0.5) is 14.5 Å². The van der Waals surface area contributed by atoms with Gasteiger partial charge in [0.15, 0.2) is 12.2 Å². The molecule has 4 atom stereocenters. The number of halogens is 2. The Bertz CT molecular complexity index is 1510. The molecule has 2 aromatic heterocycles. The molecule has 1 aliphatic heterocycles. The lowest BCUT2D eigenvalue weighted by Crippen LogP contribution is -2.57. The highest BCUT2D eigenvalue weighted by atomic mass is 19.3. The molecular weight excluding hydrogens is 538 g/mol. The molecule has 3 aromatic rings. The third-order valence-corrected chi connectivity index (χ3v) is 7.28. The first kappa shape index (κ1) is 28.1. The molecule has 0 radical (unpaired) electrons. The number of piperidine rings is 1. The van der Waals surface area contributed by atoms with Crippen molar-refractivity contribution in [3.63, 3.8) is 0 Å². The van der Waals surface area contributed by atoms with E-state index in [0.717, 1.165) is 16.9 Å². The Morgan fingerprint density at radius 1 is 1.32 bits per heavy atom. The zero-order valence-corrected chi connectivity index (χ0v) is 22.1. The quantitative estimate of drug-likeness (QED) is 0.375. The van der Waals surface area contributed by atoms with Crippen molar-refractivity contribution in [3.8, 4) is 23.1 Å². The Morgan fingerprint density at radius 3 is 2.80 bits per heavy atom. The van der Waals surface area contributed by atoms with Gasteiger partial charge in [0.05, 0.1) is 30.6 Å². The number of nitriles is 1. The molecular formula is C28H28F2N6O5. The van der Waals surface area contributed by atoms with Crippen LogP contribution in [0.1, 0.15) is 29.9 Å². The number of hydrogen-bond acceptors (Lipinski definition) is 8. The summed E-state index contributed by atoms with van der Waals surface area (Å²) in [4.78, 5) is 29.9. The summed E-state index contributed by atoms with van der Waals surface area (Å²) in [6.07, 6.45) is 2.31. The van der Waals surface area contributed by atoms with Crippen LogP contribution >= 0.6 is 0 Å². The summed E-state index contributed by atoms with van der Waals surface area (Å²) in [6, 6.07) is 9.75. The van der Waals surface area contributed by atoms with E-state index in [1.165, 1.54) is 18.3 Å². The van der Waals surface area contributed by atoms with Gasteiger partial charge in [-0.05, 0) is 48.2 Å². The van der Waals surface area contributed by atoms with Crippen molar-refractivity contribution in [2.75, 3.05) is 25.0 Å². The van der Waals surface area contributed by atoms with Crippen LogP contribution in [-0.2, 0) is 16.6 Å². The van der Waals surface area contributed by atoms with Crippen molar-refractivity contribution >= 4 is 17.5 Å². The number of aliphatic hydroxyl groups is 2. The van der Waals surface area contributed by atoms with Crippen LogP contribution in [0.25, 0.3) is 11.3 Å². The van der Waals surface area contributed by atoms with Crippen LogP contribution in [0, 0.1) is 17.2 Å². The minimum atomic E-state index is -3.46. The molecule has 3 N–H and O–H groups in total. The lowest BCUT2D eigenvalue weighted by molar-refractivity contribution is -0.167. The van der Waals surface area contributed by atoms with Crippen LogP contribution in [-0.4, -0.2) is 79.5 Å². The number of alkyl halides is 2. The number of pyridine rings is 1. The molecule has 214 valence electrons. The monoisotopic (exact) mass is 566 g/mol. The number of likely N-dealkylation sites (tertiary alicyclic amines) is 1. The van der Waals surface area contributed by atoms with Gasteiger partial charge in [-0.25, -0.2) is 8.78 Å². The number of carbonyl (C=O) groups excluding carboxylic acids is 2. The van der Waals surface area contributed by atoms with Gasteiger partial charge in [-0.3, -0.25) is 19.3 Å². The first-order chi connectivity index (χ1) is 19.6. The Labute approximate surface area is 234 Å². The number of nitrogens with zero attached hydrogens (tertiary/aromatic N) is 5. The molecule has 0 spiro atoms. The maximum absolute atomic E-state index is 14.8. The van der Waals surface area contributed by atoms with Crippen molar-refractivity contribution in [1.29, 1.82) is 5.26 Å². The number of nitrogens with one attached hydrogen (secondary N) is 1. The molecule has 3 heterocycles. The summed E-state index contributed by atoms with van der Waals surface area (Å²) in [5, 5.41) is 35.2. The number of anilines is 1. The molecule has 1 saturated heterocycles. The van der Waals surface area contributed by atoms with E-state index >= 15 is 0 Å². The Kier molecular flexibility index (Phi) is 7.70. The van der Waals surface area contributed by atoms with Crippen LogP contribution in [0.2, 0.25) is 0 Å². The first-order valence-corrected chi connectivity index (χ1v) is 13.0. The summed E-state index contributed by atoms with van der Waals surface area (Å²) in [5.74, 6) is -4.62. The minimum absolute atomic E-state index is 0.0149. The van der Waals surface area contributed by atoms with Gasteiger partial charge in [-0.15, -0.1) is 0 Å². The highest BCUT2D eigenvalue weighted by Gasteiger charge is 2.48. The van der Waals surface area contributed by atoms with Gasteiger partial charge in [-0.1, -0.05) is 0 Å². The second kappa shape index (κ2) is 11.2. The molecule has 1 aromatic carbocycles. The van der Waals surface area contributed by atoms with Crippen molar-refractivity contribution < 1.29 is 33.3 Å². The number of benzene rings is 1. The lowest BCUT2D eigenvalue weighted by Gasteiger charge is -2.38. The van der Waals surface area contributed by atoms with Gasteiger partial charge in [0.25, 0.3) is 5.91 Å². The van der Waals surface area contributed by atoms with Crippen LogP contribution < -0.4 is 10.1 Å². The number of aromatic nitrogens is 3. The highest BCUT2D eigenvalue weighted by molar-refractivity contribution is 5.95. The number of ether oxygens (including phenoxy) is 1. The Hall–Kier alpha value is -4.41. The van der Waals surface area contributed by atoms with Gasteiger partial charge in [0, 0.05) is 49.6 Å². The Morgan fingerprint density at radius 2 is 2.12 bits per heavy atom. The van der Waals surface area contributed by atoms with E-state index in [-0.39, 0.29) is 42.0 Å². The normalized spacial score (nSPS) is 22.0. The summed E-state index contributed by atoms with van der Waals surface area (Å²) in [5.41, 5.74) is 2.55. The van der Waals surface area contributed by atoms with Crippen molar-refractivity contribution in [2.24, 2.45) is 13.0 Å². The second-order valence-electron chi connectivity index (χ2n) is 10.3. The summed E-state index contributed by atoms with van der Waals surface area (Å²) in [7, 11) is 1.83. The zero-order valence-electron chi connectivity index (χ0n) is 22.1. The first-order valence-electron chi connectivity index (χ1n) is 13.0. The number of aryl methyl sites for hydroxylation is 1. The van der Waals surface area contributed by atoms with Crippen LogP contribution in [0.15, 0.2) is 48.9 Å². The highest BCUT2D eigenvalue weighted by Crippen LogP contribution is 2.48. The largest absolute Gasteiger partial charge is 0.483 e. The van der Waals surface area contributed by atoms with E-state index in [1.54, 1.807) is 29.1 Å². The summed E-state index contributed by atoms with van der Waals surface area (Å²) >= 11 is 0. The molecule has 5 rings (SSSR count). The van der Waals surface area contributed by atoms with Crippen molar-refractivity contribution in [1.82, 2.24) is 19.7 Å². The molecule has 1 saturated carbocycles. The van der Waals surface area contributed by atoms with E-state index in [1.807, 2.05) is 19.3 Å². The average molecular weight is 567 g/mol. The fourth-order valence-corrected chi connectivity index (χ4v) is 4.96. The van der Waals surface area contributed by atoms with E-state index < -0.39 is 37.2 Å². The number of amides is 2. The predicted octanol–water partition coefficient (Wildman–Crippen LogP) is 2.06. The van der Waals surface area contributed by atoms with E-state index in [0.29, 0.717) is 16.9 Å². The second-order valence-corrected chi connectivity index (χ2v) is 10.3. The summed E-state index contributed by atoms with van der Waals surface area (Å²) in [6.45, 7) is -1.96. The van der Waals surface area contributed by atoms with Crippen LogP contribution in [0.3, 0.4) is 0 Å². The average Bonchev–Trinajstić information content (AvgIpc) is 3.66. The molecule has 2 fully saturated rings. The third-order valence-electron chi connectivity index (χ3n) is 7.28. The fraction of sp³-hybridized carbons (Fsp3) is 0.393.